The van der Waals surface area contributed by atoms with Gasteiger partial charge < -0.3 is 14.4 Å². The summed E-state index contributed by atoms with van der Waals surface area (Å²) in [5.41, 5.74) is 6.02. The third kappa shape index (κ3) is 4.39. The van der Waals surface area contributed by atoms with Gasteiger partial charge in [-0.2, -0.15) is 0 Å². The van der Waals surface area contributed by atoms with Crippen molar-refractivity contribution in [3.63, 3.8) is 0 Å². The topological polar surface area (TPSA) is 97.0 Å². The zero-order valence-electron chi connectivity index (χ0n) is 18.6. The van der Waals surface area contributed by atoms with Gasteiger partial charge in [0.25, 0.3) is 11.8 Å². The molecular formula is C26H25N3O5. The molecule has 0 spiro atoms. The number of ether oxygens (including phenoxy) is 2. The molecule has 2 aliphatic rings. The molecule has 8 heteroatoms. The highest BCUT2D eigenvalue weighted by Crippen LogP contribution is 2.30. The zero-order chi connectivity index (χ0) is 23.5. The fraction of sp³-hybridized carbons (Fsp3) is 0.269. The summed E-state index contributed by atoms with van der Waals surface area (Å²) < 4.78 is 11.0. The first-order valence-electron chi connectivity index (χ1n) is 11.4. The Bertz CT molecular complexity index is 1240. The molecule has 0 bridgehead atoms. The zero-order valence-corrected chi connectivity index (χ0v) is 18.6. The molecule has 174 valence electrons. The second-order valence-corrected chi connectivity index (χ2v) is 8.39. The van der Waals surface area contributed by atoms with Crippen molar-refractivity contribution in [2.45, 2.75) is 12.8 Å². The highest BCUT2D eigenvalue weighted by Gasteiger charge is 2.28. The highest BCUT2D eigenvalue weighted by atomic mass is 16.6. The van der Waals surface area contributed by atoms with E-state index in [0.717, 1.165) is 10.8 Å². The van der Waals surface area contributed by atoms with Crippen LogP contribution in [0.4, 0.5) is 0 Å². The van der Waals surface area contributed by atoms with Gasteiger partial charge >= 0.3 is 0 Å². The van der Waals surface area contributed by atoms with Crippen molar-refractivity contribution in [3.05, 3.63) is 71.8 Å². The van der Waals surface area contributed by atoms with E-state index in [4.69, 9.17) is 9.47 Å². The SMILES string of the molecule is O=C(NNC(=O)C1CCN(C(=O)c2cccc3ccccc23)CC1)c1ccc2c(c1)OCCO2. The molecular weight excluding hydrogens is 434 g/mol. The molecule has 2 aliphatic heterocycles. The van der Waals surface area contributed by atoms with Gasteiger partial charge in [-0.05, 0) is 47.9 Å². The van der Waals surface area contributed by atoms with E-state index < -0.39 is 5.91 Å². The van der Waals surface area contributed by atoms with E-state index in [1.54, 1.807) is 23.1 Å². The van der Waals surface area contributed by atoms with E-state index in [1.807, 2.05) is 42.5 Å². The van der Waals surface area contributed by atoms with Gasteiger partial charge in [-0.1, -0.05) is 36.4 Å². The van der Waals surface area contributed by atoms with Crippen molar-refractivity contribution < 1.29 is 23.9 Å². The van der Waals surface area contributed by atoms with Crippen LogP contribution >= 0.6 is 0 Å². The number of benzene rings is 3. The van der Waals surface area contributed by atoms with Crippen LogP contribution in [-0.4, -0.2) is 48.9 Å². The van der Waals surface area contributed by atoms with E-state index >= 15 is 0 Å². The number of carbonyl (C=O) groups is 3. The maximum Gasteiger partial charge on any atom is 0.269 e. The predicted molar refractivity (Wildman–Crippen MR) is 126 cm³/mol. The van der Waals surface area contributed by atoms with E-state index in [9.17, 15) is 14.4 Å². The quantitative estimate of drug-likeness (QED) is 0.587. The van der Waals surface area contributed by atoms with Crippen molar-refractivity contribution in [3.8, 4) is 11.5 Å². The Balaban J connectivity index is 1.15. The van der Waals surface area contributed by atoms with E-state index in [2.05, 4.69) is 10.9 Å². The fourth-order valence-electron chi connectivity index (χ4n) is 4.40. The number of rotatable bonds is 3. The number of amides is 3. The molecule has 0 aliphatic carbocycles. The van der Waals surface area contributed by atoms with Crippen LogP contribution in [0, 0.1) is 5.92 Å². The first kappa shape index (κ1) is 21.8. The molecule has 0 aromatic heterocycles. The number of hydrazine groups is 1. The maximum atomic E-state index is 13.1. The molecule has 2 heterocycles. The van der Waals surface area contributed by atoms with E-state index in [0.29, 0.717) is 61.8 Å². The molecule has 5 rings (SSSR count). The minimum absolute atomic E-state index is 0.0254. The largest absolute Gasteiger partial charge is 0.486 e. The number of piperidine rings is 1. The molecule has 8 nitrogen and oxygen atoms in total. The third-order valence-corrected chi connectivity index (χ3v) is 6.28. The Morgan fingerprint density at radius 3 is 2.38 bits per heavy atom. The number of nitrogens with zero attached hydrogens (tertiary/aromatic N) is 1. The predicted octanol–water partition coefficient (Wildman–Crippen LogP) is 2.92. The average molecular weight is 460 g/mol. The number of hydrogen-bond donors (Lipinski definition) is 2. The third-order valence-electron chi connectivity index (χ3n) is 6.28. The lowest BCUT2D eigenvalue weighted by molar-refractivity contribution is -0.127. The molecule has 0 atom stereocenters. The van der Waals surface area contributed by atoms with Gasteiger partial charge in [-0.3, -0.25) is 25.2 Å². The Morgan fingerprint density at radius 2 is 1.56 bits per heavy atom. The smallest absolute Gasteiger partial charge is 0.269 e. The summed E-state index contributed by atoms with van der Waals surface area (Å²) >= 11 is 0. The van der Waals surface area contributed by atoms with Gasteiger partial charge in [0, 0.05) is 30.1 Å². The lowest BCUT2D eigenvalue weighted by atomic mass is 9.95. The summed E-state index contributed by atoms with van der Waals surface area (Å²) in [6.45, 7) is 1.87. The summed E-state index contributed by atoms with van der Waals surface area (Å²) in [6.07, 6.45) is 1.06. The molecule has 3 amide bonds. The van der Waals surface area contributed by atoms with Crippen LogP contribution < -0.4 is 20.3 Å². The van der Waals surface area contributed by atoms with E-state index in [1.165, 1.54) is 0 Å². The summed E-state index contributed by atoms with van der Waals surface area (Å²) in [7, 11) is 0. The van der Waals surface area contributed by atoms with Crippen LogP contribution in [0.5, 0.6) is 11.5 Å². The second kappa shape index (κ2) is 9.43. The van der Waals surface area contributed by atoms with Gasteiger partial charge in [-0.15, -0.1) is 0 Å². The van der Waals surface area contributed by atoms with Gasteiger partial charge in [0.15, 0.2) is 11.5 Å². The van der Waals surface area contributed by atoms with Gasteiger partial charge in [0.1, 0.15) is 13.2 Å². The average Bonchev–Trinajstić information content (AvgIpc) is 2.90. The van der Waals surface area contributed by atoms with Crippen LogP contribution in [0.15, 0.2) is 60.7 Å². The molecule has 0 saturated carbocycles. The number of nitrogens with one attached hydrogen (secondary N) is 2. The van der Waals surface area contributed by atoms with Crippen LogP contribution in [-0.2, 0) is 4.79 Å². The number of fused-ring (bicyclic) bond motifs is 2. The van der Waals surface area contributed by atoms with Gasteiger partial charge in [-0.25, -0.2) is 0 Å². The molecule has 3 aromatic carbocycles. The summed E-state index contributed by atoms with van der Waals surface area (Å²) in [5, 5.41) is 1.95. The first-order chi connectivity index (χ1) is 16.6. The van der Waals surface area contributed by atoms with Gasteiger partial charge in [0.2, 0.25) is 5.91 Å². The molecule has 1 fully saturated rings. The van der Waals surface area contributed by atoms with Crippen LogP contribution in [0.3, 0.4) is 0 Å². The lowest BCUT2D eigenvalue weighted by Crippen LogP contribution is -2.48. The molecule has 1 saturated heterocycles. The number of carbonyl (C=O) groups excluding carboxylic acids is 3. The van der Waals surface area contributed by atoms with Crippen molar-refractivity contribution in [2.75, 3.05) is 26.3 Å². The standard InChI is InChI=1S/C26H25N3O5/c30-24(27-28-25(31)19-8-9-22-23(16-19)34-15-14-33-22)18-10-12-29(13-11-18)26(32)21-7-3-5-17-4-1-2-6-20(17)21/h1-9,16,18H,10-15H2,(H,27,30)(H,28,31). The minimum atomic E-state index is -0.436. The molecule has 2 N–H and O–H groups in total. The van der Waals surface area contributed by atoms with Crippen LogP contribution in [0.1, 0.15) is 33.6 Å². The minimum Gasteiger partial charge on any atom is -0.486 e. The maximum absolute atomic E-state index is 13.1. The van der Waals surface area contributed by atoms with Gasteiger partial charge in [0.05, 0.1) is 0 Å². The highest BCUT2D eigenvalue weighted by molar-refractivity contribution is 6.07. The Kier molecular flexibility index (Phi) is 6.03. The second-order valence-electron chi connectivity index (χ2n) is 8.39. The summed E-state index contributed by atoms with van der Waals surface area (Å²) in [6, 6.07) is 18.4. The van der Waals surface area contributed by atoms with Crippen molar-refractivity contribution in [1.29, 1.82) is 0 Å². The first-order valence-corrected chi connectivity index (χ1v) is 11.4. The van der Waals surface area contributed by atoms with Crippen LogP contribution in [0.25, 0.3) is 10.8 Å². The molecule has 0 unspecified atom stereocenters. The Labute approximate surface area is 196 Å². The van der Waals surface area contributed by atoms with Crippen molar-refractivity contribution >= 4 is 28.5 Å². The van der Waals surface area contributed by atoms with Crippen LogP contribution in [0.2, 0.25) is 0 Å². The molecule has 3 aromatic rings. The number of likely N-dealkylation sites (tertiary alicyclic amines) is 1. The van der Waals surface area contributed by atoms with Crippen molar-refractivity contribution in [2.24, 2.45) is 5.92 Å². The van der Waals surface area contributed by atoms with E-state index in [-0.39, 0.29) is 17.7 Å². The Morgan fingerprint density at radius 1 is 0.824 bits per heavy atom. The van der Waals surface area contributed by atoms with Crippen molar-refractivity contribution in [1.82, 2.24) is 15.8 Å². The lowest BCUT2D eigenvalue weighted by Gasteiger charge is -2.31. The fourth-order valence-corrected chi connectivity index (χ4v) is 4.40. The summed E-state index contributed by atoms with van der Waals surface area (Å²) in [4.78, 5) is 40.0. The monoisotopic (exact) mass is 459 g/mol. The Hall–Kier alpha value is -4.07. The molecule has 34 heavy (non-hydrogen) atoms. The normalized spacial score (nSPS) is 15.6. The summed E-state index contributed by atoms with van der Waals surface area (Å²) in [5.74, 6) is 0.0989. The molecule has 0 radical (unpaired) electrons. The number of hydrogen-bond acceptors (Lipinski definition) is 5.